The molecule has 0 aliphatic rings. The highest BCUT2D eigenvalue weighted by Gasteiger charge is 2.15. The molecule has 0 fully saturated rings. The Labute approximate surface area is 125 Å². The van der Waals surface area contributed by atoms with E-state index in [2.05, 4.69) is 4.98 Å². The van der Waals surface area contributed by atoms with Gasteiger partial charge in [-0.3, -0.25) is 4.57 Å². The SMILES string of the molecule is CC(C)c1ncn(CF)c1Sc1cc(Cl)cc(Cl)c1. The molecule has 0 radical (unpaired) electrons. The van der Waals surface area contributed by atoms with Crippen LogP contribution in [0.3, 0.4) is 0 Å². The van der Waals surface area contributed by atoms with E-state index in [0.29, 0.717) is 10.0 Å². The average Bonchev–Trinajstić information content (AvgIpc) is 2.70. The maximum atomic E-state index is 13.0. The molecule has 0 aliphatic carbocycles. The molecule has 0 spiro atoms. The molecule has 2 rings (SSSR count). The lowest BCUT2D eigenvalue weighted by molar-refractivity contribution is 0.359. The van der Waals surface area contributed by atoms with Crippen molar-refractivity contribution in [1.82, 2.24) is 9.55 Å². The van der Waals surface area contributed by atoms with Gasteiger partial charge < -0.3 is 0 Å². The lowest BCUT2D eigenvalue weighted by atomic mass is 10.2. The summed E-state index contributed by atoms with van der Waals surface area (Å²) in [6.07, 6.45) is 1.52. The zero-order valence-corrected chi connectivity index (χ0v) is 12.9. The fraction of sp³-hybridized carbons (Fsp3) is 0.308. The highest BCUT2D eigenvalue weighted by molar-refractivity contribution is 7.99. The molecule has 19 heavy (non-hydrogen) atoms. The van der Waals surface area contributed by atoms with E-state index >= 15 is 0 Å². The van der Waals surface area contributed by atoms with Crippen LogP contribution in [0.25, 0.3) is 0 Å². The van der Waals surface area contributed by atoms with Crippen LogP contribution in [0.2, 0.25) is 10.0 Å². The van der Waals surface area contributed by atoms with E-state index in [0.717, 1.165) is 15.6 Å². The minimum absolute atomic E-state index is 0.227. The number of aromatic nitrogens is 2. The van der Waals surface area contributed by atoms with Gasteiger partial charge in [0.2, 0.25) is 0 Å². The molecular formula is C13H13Cl2FN2S. The van der Waals surface area contributed by atoms with Crippen molar-refractivity contribution in [1.29, 1.82) is 0 Å². The number of benzene rings is 1. The Morgan fingerprint density at radius 2 is 1.89 bits per heavy atom. The molecule has 1 aromatic heterocycles. The zero-order chi connectivity index (χ0) is 14.0. The second-order valence-electron chi connectivity index (χ2n) is 4.39. The third-order valence-electron chi connectivity index (χ3n) is 2.54. The summed E-state index contributed by atoms with van der Waals surface area (Å²) in [6, 6.07) is 5.28. The monoisotopic (exact) mass is 318 g/mol. The first-order chi connectivity index (χ1) is 9.01. The Kier molecular flexibility index (Phi) is 4.76. The Morgan fingerprint density at radius 3 is 2.42 bits per heavy atom. The quantitative estimate of drug-likeness (QED) is 0.752. The Balaban J connectivity index is 2.39. The van der Waals surface area contributed by atoms with Gasteiger partial charge in [0.1, 0.15) is 5.03 Å². The van der Waals surface area contributed by atoms with E-state index in [9.17, 15) is 4.39 Å². The zero-order valence-electron chi connectivity index (χ0n) is 10.5. The smallest absolute Gasteiger partial charge is 0.167 e. The molecule has 0 bridgehead atoms. The topological polar surface area (TPSA) is 17.8 Å². The van der Waals surface area contributed by atoms with E-state index < -0.39 is 6.80 Å². The third-order valence-corrected chi connectivity index (χ3v) is 4.09. The fourth-order valence-corrected chi connectivity index (χ4v) is 3.53. The van der Waals surface area contributed by atoms with Crippen LogP contribution in [-0.2, 0) is 6.80 Å². The molecule has 0 atom stereocenters. The molecule has 0 amide bonds. The van der Waals surface area contributed by atoms with Crippen LogP contribution >= 0.6 is 35.0 Å². The van der Waals surface area contributed by atoms with Gasteiger partial charge in [0.05, 0.1) is 12.0 Å². The summed E-state index contributed by atoms with van der Waals surface area (Å²) >= 11 is 13.4. The first-order valence-corrected chi connectivity index (χ1v) is 7.33. The lowest BCUT2D eigenvalue weighted by Crippen LogP contribution is -1.96. The fourth-order valence-electron chi connectivity index (χ4n) is 1.68. The van der Waals surface area contributed by atoms with Gasteiger partial charge in [0.25, 0.3) is 0 Å². The second kappa shape index (κ2) is 6.16. The molecule has 1 aromatic carbocycles. The van der Waals surface area contributed by atoms with E-state index in [1.54, 1.807) is 18.2 Å². The highest BCUT2D eigenvalue weighted by atomic mass is 35.5. The summed E-state index contributed by atoms with van der Waals surface area (Å²) in [5.41, 5.74) is 0.874. The lowest BCUT2D eigenvalue weighted by Gasteiger charge is -2.09. The number of hydrogen-bond donors (Lipinski definition) is 0. The normalized spacial score (nSPS) is 11.3. The molecule has 1 heterocycles. The summed E-state index contributed by atoms with van der Waals surface area (Å²) in [5.74, 6) is 0.227. The number of imidazole rings is 1. The van der Waals surface area contributed by atoms with Crippen molar-refractivity contribution >= 4 is 35.0 Å². The summed E-state index contributed by atoms with van der Waals surface area (Å²) in [7, 11) is 0. The van der Waals surface area contributed by atoms with Crippen molar-refractivity contribution in [3.8, 4) is 0 Å². The minimum Gasteiger partial charge on any atom is -0.296 e. The van der Waals surface area contributed by atoms with Gasteiger partial charge >= 0.3 is 0 Å². The van der Waals surface area contributed by atoms with Gasteiger partial charge in [-0.15, -0.1) is 0 Å². The molecule has 0 saturated carbocycles. The van der Waals surface area contributed by atoms with Gasteiger partial charge in [0.15, 0.2) is 6.80 Å². The predicted molar refractivity (Wildman–Crippen MR) is 78.0 cm³/mol. The van der Waals surface area contributed by atoms with E-state index in [1.165, 1.54) is 22.7 Å². The number of nitrogens with zero attached hydrogens (tertiary/aromatic N) is 2. The first-order valence-electron chi connectivity index (χ1n) is 5.76. The van der Waals surface area contributed by atoms with E-state index in [1.807, 2.05) is 13.8 Å². The molecule has 6 heteroatoms. The van der Waals surface area contributed by atoms with Crippen molar-refractivity contribution < 1.29 is 4.39 Å². The molecule has 2 nitrogen and oxygen atoms in total. The Bertz CT molecular complexity index is 564. The standard InChI is InChI=1S/C13H13Cl2FN2S/c1-8(2)12-13(18(6-16)7-17-12)19-11-4-9(14)3-10(15)5-11/h3-5,7-8H,6H2,1-2H3. The first kappa shape index (κ1) is 14.7. The van der Waals surface area contributed by atoms with Crippen LogP contribution in [0, 0.1) is 0 Å². The minimum atomic E-state index is -0.601. The van der Waals surface area contributed by atoms with Gasteiger partial charge in [-0.2, -0.15) is 0 Å². The molecule has 0 aliphatic heterocycles. The largest absolute Gasteiger partial charge is 0.296 e. The van der Waals surface area contributed by atoms with Crippen molar-refractivity contribution in [2.24, 2.45) is 0 Å². The van der Waals surface area contributed by atoms with Crippen molar-refractivity contribution in [2.45, 2.75) is 36.5 Å². The van der Waals surface area contributed by atoms with Gasteiger partial charge in [-0.1, -0.05) is 48.8 Å². The maximum Gasteiger partial charge on any atom is 0.167 e. The summed E-state index contributed by atoms with van der Waals surface area (Å²) in [5, 5.41) is 1.91. The molecule has 2 aromatic rings. The van der Waals surface area contributed by atoms with Crippen molar-refractivity contribution in [3.63, 3.8) is 0 Å². The molecule has 102 valence electrons. The maximum absolute atomic E-state index is 13.0. The summed E-state index contributed by atoms with van der Waals surface area (Å²) < 4.78 is 14.5. The Morgan fingerprint density at radius 1 is 1.26 bits per heavy atom. The Hall–Kier alpha value is -0.710. The van der Waals surface area contributed by atoms with Crippen molar-refractivity contribution in [2.75, 3.05) is 0 Å². The molecule has 0 N–H and O–H groups in total. The van der Waals surface area contributed by atoms with Crippen LogP contribution < -0.4 is 0 Å². The molecule has 0 unspecified atom stereocenters. The van der Waals surface area contributed by atoms with Crippen molar-refractivity contribution in [3.05, 3.63) is 40.3 Å². The highest BCUT2D eigenvalue weighted by Crippen LogP contribution is 2.36. The second-order valence-corrected chi connectivity index (χ2v) is 6.32. The van der Waals surface area contributed by atoms with Crippen LogP contribution in [0.1, 0.15) is 25.5 Å². The molecule has 0 saturated heterocycles. The number of hydrogen-bond acceptors (Lipinski definition) is 2. The average molecular weight is 319 g/mol. The number of alkyl halides is 1. The van der Waals surface area contributed by atoms with Gasteiger partial charge in [0, 0.05) is 14.9 Å². The van der Waals surface area contributed by atoms with Crippen LogP contribution in [0.15, 0.2) is 34.4 Å². The predicted octanol–water partition coefficient (Wildman–Crippen LogP) is 5.39. The number of rotatable bonds is 4. The third kappa shape index (κ3) is 3.44. The van der Waals surface area contributed by atoms with Crippen LogP contribution in [0.4, 0.5) is 4.39 Å². The van der Waals surface area contributed by atoms with Gasteiger partial charge in [-0.05, 0) is 24.1 Å². The van der Waals surface area contributed by atoms with Crippen LogP contribution in [-0.4, -0.2) is 9.55 Å². The summed E-state index contributed by atoms with van der Waals surface area (Å²) in [6.45, 7) is 3.45. The van der Waals surface area contributed by atoms with Crippen LogP contribution in [0.5, 0.6) is 0 Å². The van der Waals surface area contributed by atoms with E-state index in [4.69, 9.17) is 23.2 Å². The summed E-state index contributed by atoms with van der Waals surface area (Å²) in [4.78, 5) is 5.13. The number of halogens is 3. The van der Waals surface area contributed by atoms with Gasteiger partial charge in [-0.25, -0.2) is 9.37 Å². The van der Waals surface area contributed by atoms with E-state index in [-0.39, 0.29) is 5.92 Å². The molecular weight excluding hydrogens is 306 g/mol.